The number of benzene rings is 2. The van der Waals surface area contributed by atoms with Crippen molar-refractivity contribution in [3.05, 3.63) is 65.5 Å². The molecule has 6 heteroatoms. The molecule has 1 spiro atoms. The van der Waals surface area contributed by atoms with Crippen LogP contribution in [0.2, 0.25) is 0 Å². The number of halogens is 1. The Kier molecular flexibility index (Phi) is 6.18. The lowest BCUT2D eigenvalue weighted by molar-refractivity contribution is -0.120. The van der Waals surface area contributed by atoms with Crippen molar-refractivity contribution in [2.45, 2.75) is 44.4 Å². The number of amides is 1. The zero-order valence-electron chi connectivity index (χ0n) is 17.5. The van der Waals surface area contributed by atoms with E-state index in [1.54, 1.807) is 19.1 Å². The van der Waals surface area contributed by atoms with Gasteiger partial charge in [0.15, 0.2) is 0 Å². The minimum atomic E-state index is -0.498. The van der Waals surface area contributed by atoms with Gasteiger partial charge in [-0.2, -0.15) is 0 Å². The fourth-order valence-corrected chi connectivity index (χ4v) is 4.90. The molecule has 2 fully saturated rings. The van der Waals surface area contributed by atoms with Crippen molar-refractivity contribution in [1.82, 2.24) is 9.80 Å². The van der Waals surface area contributed by atoms with Crippen LogP contribution in [0.1, 0.15) is 30.4 Å². The quantitative estimate of drug-likeness (QED) is 0.794. The summed E-state index contributed by atoms with van der Waals surface area (Å²) in [6, 6.07) is 15.1. The monoisotopic (exact) mass is 411 g/mol. The van der Waals surface area contributed by atoms with Gasteiger partial charge in [0.2, 0.25) is 5.91 Å². The van der Waals surface area contributed by atoms with Crippen LogP contribution >= 0.6 is 0 Å². The van der Waals surface area contributed by atoms with Crippen LogP contribution in [-0.4, -0.2) is 58.6 Å². The van der Waals surface area contributed by atoms with E-state index in [9.17, 15) is 14.3 Å². The molecule has 2 aromatic rings. The van der Waals surface area contributed by atoms with Crippen LogP contribution in [0.5, 0.6) is 0 Å². The molecule has 30 heavy (non-hydrogen) atoms. The van der Waals surface area contributed by atoms with E-state index >= 15 is 0 Å². The van der Waals surface area contributed by atoms with Crippen molar-refractivity contribution in [3.8, 4) is 0 Å². The normalized spacial score (nSPS) is 25.0. The van der Waals surface area contributed by atoms with E-state index in [0.29, 0.717) is 17.8 Å². The van der Waals surface area contributed by atoms with Crippen molar-refractivity contribution in [2.24, 2.45) is 0 Å². The molecule has 4 rings (SSSR count). The average molecular weight is 412 g/mol. The molecule has 0 aliphatic carbocycles. The molecule has 0 bridgehead atoms. The first kappa shape index (κ1) is 21.0. The topological polar surface area (TPSA) is 55.8 Å². The Morgan fingerprint density at radius 3 is 2.73 bits per heavy atom. The van der Waals surface area contributed by atoms with E-state index in [0.717, 1.165) is 38.9 Å². The zero-order valence-corrected chi connectivity index (χ0v) is 17.5. The maximum atomic E-state index is 13.7. The van der Waals surface area contributed by atoms with E-state index in [1.165, 1.54) is 11.6 Å². The number of hydrogen-bond acceptors (Lipinski definition) is 4. The van der Waals surface area contributed by atoms with Gasteiger partial charge in [0, 0.05) is 30.9 Å². The summed E-state index contributed by atoms with van der Waals surface area (Å²) in [5.74, 6) is -0.517. The molecule has 2 saturated heterocycles. The molecule has 2 aromatic carbocycles. The third-order valence-corrected chi connectivity index (χ3v) is 6.62. The number of rotatable bonds is 5. The van der Waals surface area contributed by atoms with Crippen LogP contribution in [0.3, 0.4) is 0 Å². The zero-order chi connectivity index (χ0) is 21.1. The number of carbonyl (C=O) groups excluding carboxylic acids is 1. The van der Waals surface area contributed by atoms with Crippen LogP contribution in [-0.2, 0) is 11.3 Å². The molecule has 2 heterocycles. The second kappa shape index (κ2) is 8.84. The summed E-state index contributed by atoms with van der Waals surface area (Å²) >= 11 is 0. The first-order valence-corrected chi connectivity index (χ1v) is 10.7. The molecule has 0 radical (unpaired) electrons. The summed E-state index contributed by atoms with van der Waals surface area (Å²) in [4.78, 5) is 16.9. The number of aliphatic hydroxyl groups is 1. The highest BCUT2D eigenvalue weighted by molar-refractivity contribution is 5.92. The van der Waals surface area contributed by atoms with Gasteiger partial charge in [-0.3, -0.25) is 14.6 Å². The van der Waals surface area contributed by atoms with Gasteiger partial charge in [-0.15, -0.1) is 0 Å². The second-order valence-electron chi connectivity index (χ2n) is 8.63. The van der Waals surface area contributed by atoms with Crippen LogP contribution < -0.4 is 5.32 Å². The molecule has 2 aliphatic heterocycles. The van der Waals surface area contributed by atoms with E-state index in [4.69, 9.17) is 0 Å². The number of β-amino-alcohol motifs (C(OH)–C–C–N with tert-alkyl or cyclic N) is 1. The van der Waals surface area contributed by atoms with E-state index in [-0.39, 0.29) is 23.8 Å². The van der Waals surface area contributed by atoms with Gasteiger partial charge < -0.3 is 10.4 Å². The first-order valence-electron chi connectivity index (χ1n) is 10.7. The van der Waals surface area contributed by atoms with E-state index in [1.807, 2.05) is 11.0 Å². The highest BCUT2D eigenvalue weighted by atomic mass is 19.1. The third kappa shape index (κ3) is 4.41. The lowest BCUT2D eigenvalue weighted by Crippen LogP contribution is -2.61. The summed E-state index contributed by atoms with van der Waals surface area (Å²) in [7, 11) is 0. The fourth-order valence-electron chi connectivity index (χ4n) is 4.90. The molecule has 160 valence electrons. The highest BCUT2D eigenvalue weighted by Crippen LogP contribution is 2.39. The van der Waals surface area contributed by atoms with Gasteiger partial charge in [-0.1, -0.05) is 36.4 Å². The molecule has 2 N–H and O–H groups in total. The summed E-state index contributed by atoms with van der Waals surface area (Å²) in [6.45, 7) is 4.96. The van der Waals surface area contributed by atoms with Crippen molar-refractivity contribution >= 4 is 11.6 Å². The van der Waals surface area contributed by atoms with Crippen LogP contribution in [0.4, 0.5) is 10.1 Å². The maximum absolute atomic E-state index is 13.7. The van der Waals surface area contributed by atoms with Gasteiger partial charge in [0.1, 0.15) is 5.82 Å². The molecule has 5 nitrogen and oxygen atoms in total. The fraction of sp³-hybridized carbons (Fsp3) is 0.458. The van der Waals surface area contributed by atoms with Crippen molar-refractivity contribution in [2.75, 3.05) is 31.5 Å². The lowest BCUT2D eigenvalue weighted by atomic mass is 9.82. The summed E-state index contributed by atoms with van der Waals surface area (Å²) in [5.41, 5.74) is 2.07. The Hall–Kier alpha value is -2.28. The van der Waals surface area contributed by atoms with E-state index in [2.05, 4.69) is 34.5 Å². The predicted molar refractivity (Wildman–Crippen MR) is 116 cm³/mol. The number of piperidine rings is 1. The smallest absolute Gasteiger partial charge is 0.238 e. The number of carbonyl (C=O) groups is 1. The Labute approximate surface area is 177 Å². The molecule has 2 aliphatic rings. The maximum Gasteiger partial charge on any atom is 0.238 e. The number of nitrogens with one attached hydrogen (secondary N) is 1. The lowest BCUT2D eigenvalue weighted by Gasteiger charge is -2.48. The standard InChI is InChI=1S/C24H30FN3O2/c1-18-8-9-20(14-21(18)25)26-23(30)17-27-13-11-24(22(29)16-27)10-5-12-28(24)15-19-6-3-2-4-7-19/h2-4,6-9,14,22,29H,5,10-13,15-17H2,1H3,(H,26,30)/t22-,24-/m0/s1. The van der Waals surface area contributed by atoms with Gasteiger partial charge >= 0.3 is 0 Å². The number of aliphatic hydroxyl groups excluding tert-OH is 1. The van der Waals surface area contributed by atoms with Crippen molar-refractivity contribution < 1.29 is 14.3 Å². The van der Waals surface area contributed by atoms with Gasteiger partial charge in [0.05, 0.1) is 12.6 Å². The third-order valence-electron chi connectivity index (χ3n) is 6.62. The molecular weight excluding hydrogens is 381 g/mol. The van der Waals surface area contributed by atoms with Gasteiger partial charge in [-0.05, 0) is 56.0 Å². The number of hydrogen-bond donors (Lipinski definition) is 2. The summed E-state index contributed by atoms with van der Waals surface area (Å²) in [5, 5.41) is 13.8. The summed E-state index contributed by atoms with van der Waals surface area (Å²) < 4.78 is 13.7. The Bertz CT molecular complexity index is 891. The van der Waals surface area contributed by atoms with Gasteiger partial charge in [0.25, 0.3) is 0 Å². The van der Waals surface area contributed by atoms with Crippen molar-refractivity contribution in [1.29, 1.82) is 0 Å². The Balaban J connectivity index is 1.35. The predicted octanol–water partition coefficient (Wildman–Crippen LogP) is 3.17. The van der Waals surface area contributed by atoms with Gasteiger partial charge in [-0.25, -0.2) is 4.39 Å². The Morgan fingerprint density at radius 2 is 2.00 bits per heavy atom. The number of likely N-dealkylation sites (tertiary alicyclic amines) is 2. The average Bonchev–Trinajstić information content (AvgIpc) is 3.12. The van der Waals surface area contributed by atoms with E-state index < -0.39 is 6.10 Å². The Morgan fingerprint density at radius 1 is 1.20 bits per heavy atom. The number of nitrogens with zero attached hydrogens (tertiary/aromatic N) is 2. The SMILES string of the molecule is Cc1ccc(NC(=O)CN2CC[C@@]3(CCCN3Cc3ccccc3)[C@@H](O)C2)cc1F. The largest absolute Gasteiger partial charge is 0.390 e. The molecule has 0 saturated carbocycles. The molecular formula is C24H30FN3O2. The van der Waals surface area contributed by atoms with Crippen LogP contribution in [0.25, 0.3) is 0 Å². The molecule has 0 aromatic heterocycles. The molecule has 0 unspecified atom stereocenters. The minimum absolute atomic E-state index is 0.186. The minimum Gasteiger partial charge on any atom is -0.390 e. The summed E-state index contributed by atoms with van der Waals surface area (Å²) in [6.07, 6.45) is 2.42. The van der Waals surface area contributed by atoms with Crippen LogP contribution in [0, 0.1) is 12.7 Å². The van der Waals surface area contributed by atoms with Crippen LogP contribution in [0.15, 0.2) is 48.5 Å². The number of aryl methyl sites for hydroxylation is 1. The first-order chi connectivity index (χ1) is 14.5. The second-order valence-corrected chi connectivity index (χ2v) is 8.63. The molecule has 2 atom stereocenters. The van der Waals surface area contributed by atoms with Crippen molar-refractivity contribution in [3.63, 3.8) is 0 Å². The molecule has 1 amide bonds. The highest BCUT2D eigenvalue weighted by Gasteiger charge is 2.49. The number of anilines is 1.